The smallest absolute Gasteiger partial charge is 0.323 e. The van der Waals surface area contributed by atoms with Crippen molar-refractivity contribution >= 4 is 12.0 Å². The Kier molecular flexibility index (Phi) is 8.95. The summed E-state index contributed by atoms with van der Waals surface area (Å²) in [5, 5.41) is 11.3. The SMILES string of the molecule is CCCN(CC(=O)O)C(=O)NCC(COC)OC. The zero-order valence-corrected chi connectivity index (χ0v) is 11.1. The third-order valence-electron chi connectivity index (χ3n) is 2.27. The van der Waals surface area contributed by atoms with Crippen molar-refractivity contribution in [3.63, 3.8) is 0 Å². The number of carboxylic acid groups (broad SMARTS) is 1. The highest BCUT2D eigenvalue weighted by Gasteiger charge is 2.17. The summed E-state index contributed by atoms with van der Waals surface area (Å²) in [4.78, 5) is 23.6. The van der Waals surface area contributed by atoms with Gasteiger partial charge in [0.05, 0.1) is 12.7 Å². The molecule has 0 aromatic heterocycles. The monoisotopic (exact) mass is 262 g/mol. The van der Waals surface area contributed by atoms with Crippen molar-refractivity contribution in [2.75, 3.05) is 40.5 Å². The van der Waals surface area contributed by atoms with Crippen molar-refractivity contribution in [1.29, 1.82) is 0 Å². The molecule has 0 aromatic rings. The van der Waals surface area contributed by atoms with Crippen LogP contribution in [0.2, 0.25) is 0 Å². The van der Waals surface area contributed by atoms with Gasteiger partial charge in [-0.15, -0.1) is 0 Å². The van der Waals surface area contributed by atoms with Crippen molar-refractivity contribution in [3.8, 4) is 0 Å². The first kappa shape index (κ1) is 16.7. The number of methoxy groups -OCH3 is 2. The molecule has 0 saturated heterocycles. The van der Waals surface area contributed by atoms with Gasteiger partial charge >= 0.3 is 12.0 Å². The van der Waals surface area contributed by atoms with Gasteiger partial charge in [0, 0.05) is 27.3 Å². The Morgan fingerprint density at radius 3 is 2.50 bits per heavy atom. The predicted octanol–water partition coefficient (Wildman–Crippen LogP) is 0.154. The topological polar surface area (TPSA) is 88.1 Å². The lowest BCUT2D eigenvalue weighted by atomic mass is 10.3. The summed E-state index contributed by atoms with van der Waals surface area (Å²) in [6.45, 7) is 2.62. The Bertz CT molecular complexity index is 260. The third kappa shape index (κ3) is 7.08. The number of nitrogens with one attached hydrogen (secondary N) is 1. The van der Waals surface area contributed by atoms with Crippen LogP contribution >= 0.6 is 0 Å². The zero-order chi connectivity index (χ0) is 14.0. The molecule has 0 bridgehead atoms. The number of ether oxygens (including phenoxy) is 2. The van der Waals surface area contributed by atoms with Crippen LogP contribution in [0.5, 0.6) is 0 Å². The summed E-state index contributed by atoms with van der Waals surface area (Å²) >= 11 is 0. The minimum atomic E-state index is -1.03. The lowest BCUT2D eigenvalue weighted by Crippen LogP contribution is -2.46. The van der Waals surface area contributed by atoms with Gasteiger partial charge < -0.3 is 24.8 Å². The number of nitrogens with zero attached hydrogens (tertiary/aromatic N) is 1. The lowest BCUT2D eigenvalue weighted by Gasteiger charge is -2.22. The van der Waals surface area contributed by atoms with Crippen molar-refractivity contribution in [3.05, 3.63) is 0 Å². The Morgan fingerprint density at radius 2 is 2.06 bits per heavy atom. The van der Waals surface area contributed by atoms with E-state index in [1.807, 2.05) is 6.92 Å². The molecule has 106 valence electrons. The Hall–Kier alpha value is -1.34. The molecule has 1 atom stereocenters. The average molecular weight is 262 g/mol. The van der Waals surface area contributed by atoms with Gasteiger partial charge in [-0.3, -0.25) is 4.79 Å². The van der Waals surface area contributed by atoms with Gasteiger partial charge in [0.2, 0.25) is 0 Å². The van der Waals surface area contributed by atoms with Gasteiger partial charge in [-0.05, 0) is 6.42 Å². The van der Waals surface area contributed by atoms with Gasteiger partial charge in [-0.1, -0.05) is 6.92 Å². The molecule has 18 heavy (non-hydrogen) atoms. The summed E-state index contributed by atoms with van der Waals surface area (Å²) in [7, 11) is 3.07. The fourth-order valence-electron chi connectivity index (χ4n) is 1.39. The van der Waals surface area contributed by atoms with Crippen LogP contribution in [0.15, 0.2) is 0 Å². The normalized spacial score (nSPS) is 11.9. The van der Waals surface area contributed by atoms with Crippen LogP contribution in [0.4, 0.5) is 4.79 Å². The molecule has 7 heteroatoms. The van der Waals surface area contributed by atoms with E-state index in [1.165, 1.54) is 12.0 Å². The molecule has 2 amide bonds. The highest BCUT2D eigenvalue weighted by molar-refractivity contribution is 5.80. The largest absolute Gasteiger partial charge is 0.480 e. The first-order valence-corrected chi connectivity index (χ1v) is 5.81. The average Bonchev–Trinajstić information content (AvgIpc) is 2.33. The van der Waals surface area contributed by atoms with E-state index >= 15 is 0 Å². The number of hydrogen-bond acceptors (Lipinski definition) is 4. The third-order valence-corrected chi connectivity index (χ3v) is 2.27. The summed E-state index contributed by atoms with van der Waals surface area (Å²) in [5.74, 6) is -1.03. The van der Waals surface area contributed by atoms with Gasteiger partial charge in [0.15, 0.2) is 0 Å². The molecule has 0 rings (SSSR count). The lowest BCUT2D eigenvalue weighted by molar-refractivity contribution is -0.137. The van der Waals surface area contributed by atoms with E-state index in [0.717, 1.165) is 0 Å². The second-order valence-corrected chi connectivity index (χ2v) is 3.81. The van der Waals surface area contributed by atoms with E-state index in [9.17, 15) is 9.59 Å². The molecule has 0 spiro atoms. The first-order valence-electron chi connectivity index (χ1n) is 5.81. The number of carbonyl (C=O) groups is 2. The molecular formula is C11H22N2O5. The number of carboxylic acids is 1. The van der Waals surface area contributed by atoms with Gasteiger partial charge in [0.1, 0.15) is 6.54 Å². The van der Waals surface area contributed by atoms with Crippen LogP contribution in [0.3, 0.4) is 0 Å². The van der Waals surface area contributed by atoms with Crippen LogP contribution in [-0.4, -0.2) is 68.6 Å². The summed E-state index contributed by atoms with van der Waals surface area (Å²) in [6, 6.07) is -0.405. The Labute approximate surface area is 107 Å². The van der Waals surface area contributed by atoms with Crippen molar-refractivity contribution < 1.29 is 24.2 Å². The van der Waals surface area contributed by atoms with Crippen LogP contribution in [0.1, 0.15) is 13.3 Å². The predicted molar refractivity (Wildman–Crippen MR) is 65.6 cm³/mol. The second kappa shape index (κ2) is 9.67. The van der Waals surface area contributed by atoms with Crippen LogP contribution in [0, 0.1) is 0 Å². The molecule has 2 N–H and O–H groups in total. The molecular weight excluding hydrogens is 240 g/mol. The van der Waals surface area contributed by atoms with Crippen molar-refractivity contribution in [2.24, 2.45) is 0 Å². The van der Waals surface area contributed by atoms with Gasteiger partial charge in [-0.2, -0.15) is 0 Å². The molecule has 7 nitrogen and oxygen atoms in total. The Balaban J connectivity index is 4.19. The fourth-order valence-corrected chi connectivity index (χ4v) is 1.39. The Morgan fingerprint density at radius 1 is 1.39 bits per heavy atom. The minimum Gasteiger partial charge on any atom is -0.480 e. The van der Waals surface area contributed by atoms with Crippen molar-refractivity contribution in [2.45, 2.75) is 19.4 Å². The molecule has 0 radical (unpaired) electrons. The summed E-state index contributed by atoms with van der Waals surface area (Å²) < 4.78 is 10.0. The van der Waals surface area contributed by atoms with E-state index < -0.39 is 12.0 Å². The maximum absolute atomic E-state index is 11.7. The quantitative estimate of drug-likeness (QED) is 0.617. The van der Waals surface area contributed by atoms with E-state index in [1.54, 1.807) is 7.11 Å². The summed E-state index contributed by atoms with van der Waals surface area (Å²) in [5.41, 5.74) is 0. The number of amides is 2. The molecule has 0 heterocycles. The second-order valence-electron chi connectivity index (χ2n) is 3.81. The highest BCUT2D eigenvalue weighted by Crippen LogP contribution is 1.94. The van der Waals surface area contributed by atoms with E-state index in [4.69, 9.17) is 14.6 Å². The van der Waals surface area contributed by atoms with E-state index in [0.29, 0.717) is 19.6 Å². The molecule has 1 unspecified atom stereocenters. The standard InChI is InChI=1S/C11H22N2O5/c1-4-5-13(7-10(14)15)11(16)12-6-9(18-3)8-17-2/h9H,4-8H2,1-3H3,(H,12,16)(H,14,15). The van der Waals surface area contributed by atoms with E-state index in [-0.39, 0.29) is 19.2 Å². The van der Waals surface area contributed by atoms with Crippen LogP contribution in [0.25, 0.3) is 0 Å². The summed E-state index contributed by atoms with van der Waals surface area (Å²) in [6.07, 6.45) is 0.458. The maximum Gasteiger partial charge on any atom is 0.323 e. The van der Waals surface area contributed by atoms with E-state index in [2.05, 4.69) is 5.32 Å². The van der Waals surface area contributed by atoms with Crippen LogP contribution in [-0.2, 0) is 14.3 Å². The minimum absolute atomic E-state index is 0.243. The molecule has 0 saturated carbocycles. The highest BCUT2D eigenvalue weighted by atomic mass is 16.5. The van der Waals surface area contributed by atoms with Crippen LogP contribution < -0.4 is 5.32 Å². The zero-order valence-electron chi connectivity index (χ0n) is 11.1. The first-order chi connectivity index (χ1) is 8.54. The molecule has 0 fully saturated rings. The number of carbonyl (C=O) groups excluding carboxylic acids is 1. The molecule has 0 aliphatic heterocycles. The number of rotatable bonds is 9. The number of hydrogen-bond donors (Lipinski definition) is 2. The fraction of sp³-hybridized carbons (Fsp3) is 0.818. The maximum atomic E-state index is 11.7. The molecule has 0 aliphatic carbocycles. The van der Waals surface area contributed by atoms with Gasteiger partial charge in [0.25, 0.3) is 0 Å². The number of aliphatic carboxylic acids is 1. The number of urea groups is 1. The molecule has 0 aliphatic rings. The van der Waals surface area contributed by atoms with Crippen molar-refractivity contribution in [1.82, 2.24) is 10.2 Å². The molecule has 0 aromatic carbocycles. The van der Waals surface area contributed by atoms with Gasteiger partial charge in [-0.25, -0.2) is 4.79 Å².